The highest BCUT2D eigenvalue weighted by Gasteiger charge is 2.20. The first kappa shape index (κ1) is 19.3. The molecule has 0 aliphatic carbocycles. The van der Waals surface area contributed by atoms with Gasteiger partial charge in [0.1, 0.15) is 5.75 Å². The Kier molecular flexibility index (Phi) is 6.08. The van der Waals surface area contributed by atoms with E-state index >= 15 is 0 Å². The first-order chi connectivity index (χ1) is 11.7. The molecule has 2 rings (SSSR count). The summed E-state index contributed by atoms with van der Waals surface area (Å²) >= 11 is 6.24. The van der Waals surface area contributed by atoms with Crippen molar-refractivity contribution < 1.29 is 9.53 Å². The van der Waals surface area contributed by atoms with Crippen molar-refractivity contribution in [3.05, 3.63) is 45.7 Å². The van der Waals surface area contributed by atoms with Crippen molar-refractivity contribution in [1.82, 2.24) is 14.7 Å². The fraction of sp³-hybridized carbons (Fsp3) is 0.444. The summed E-state index contributed by atoms with van der Waals surface area (Å²) in [6.45, 7) is 6.83. The third kappa shape index (κ3) is 4.52. The minimum absolute atomic E-state index is 0.185. The maximum absolute atomic E-state index is 10.8. The number of halogens is 1. The van der Waals surface area contributed by atoms with Crippen LogP contribution >= 0.6 is 11.6 Å². The van der Waals surface area contributed by atoms with E-state index in [4.69, 9.17) is 22.1 Å². The number of hydrogen-bond donors (Lipinski definition) is 1. The van der Waals surface area contributed by atoms with E-state index in [0.29, 0.717) is 10.8 Å². The number of carbonyl (C=O) groups is 1. The molecule has 0 radical (unpaired) electrons. The van der Waals surface area contributed by atoms with Crippen LogP contribution in [0.3, 0.4) is 0 Å². The van der Waals surface area contributed by atoms with Crippen LogP contribution in [0, 0.1) is 13.8 Å². The van der Waals surface area contributed by atoms with Crippen molar-refractivity contribution in [3.63, 3.8) is 0 Å². The van der Waals surface area contributed by atoms with E-state index in [1.54, 1.807) is 6.07 Å². The number of ether oxygens (including phenoxy) is 1. The van der Waals surface area contributed by atoms with Gasteiger partial charge in [-0.2, -0.15) is 5.10 Å². The lowest BCUT2D eigenvalue weighted by Gasteiger charge is -2.25. The molecule has 0 bridgehead atoms. The van der Waals surface area contributed by atoms with Gasteiger partial charge in [-0.15, -0.1) is 0 Å². The second-order valence-corrected chi connectivity index (χ2v) is 6.73. The molecule has 1 aromatic carbocycles. The van der Waals surface area contributed by atoms with Gasteiger partial charge in [-0.1, -0.05) is 17.7 Å². The van der Waals surface area contributed by atoms with Crippen LogP contribution < -0.4 is 10.5 Å². The molecule has 1 unspecified atom stereocenters. The predicted octanol–water partition coefficient (Wildman–Crippen LogP) is 2.75. The molecule has 1 heterocycles. The molecular weight excluding hydrogens is 340 g/mol. The third-order valence-electron chi connectivity index (χ3n) is 4.44. The zero-order valence-corrected chi connectivity index (χ0v) is 16.1. The van der Waals surface area contributed by atoms with Crippen LogP contribution in [0.2, 0.25) is 5.02 Å². The van der Waals surface area contributed by atoms with Gasteiger partial charge in [-0.05, 0) is 45.5 Å². The number of aryl methyl sites for hydroxylation is 2. The molecule has 0 aliphatic heterocycles. The first-order valence-electron chi connectivity index (χ1n) is 8.10. The molecule has 0 aliphatic rings. The summed E-state index contributed by atoms with van der Waals surface area (Å²) in [7, 11) is 4.03. The number of hydrogen-bond acceptors (Lipinski definition) is 4. The first-order valence-corrected chi connectivity index (χ1v) is 8.48. The normalized spacial score (nSPS) is 12.4. The fourth-order valence-electron chi connectivity index (χ4n) is 2.95. The molecule has 0 saturated carbocycles. The number of nitrogens with zero attached hydrogens (tertiary/aromatic N) is 3. The van der Waals surface area contributed by atoms with E-state index in [1.165, 1.54) is 11.3 Å². The molecule has 0 fully saturated rings. The van der Waals surface area contributed by atoms with Crippen molar-refractivity contribution in [2.75, 3.05) is 13.7 Å². The van der Waals surface area contributed by atoms with Gasteiger partial charge >= 0.3 is 0 Å². The number of nitrogens with two attached hydrogens (primary N) is 1. The van der Waals surface area contributed by atoms with Gasteiger partial charge in [-0.3, -0.25) is 14.4 Å². The van der Waals surface area contributed by atoms with Crippen LogP contribution in [0.4, 0.5) is 0 Å². The molecule has 1 amide bonds. The zero-order valence-electron chi connectivity index (χ0n) is 15.3. The lowest BCUT2D eigenvalue weighted by Crippen LogP contribution is -2.23. The Morgan fingerprint density at radius 1 is 1.44 bits per heavy atom. The summed E-state index contributed by atoms with van der Waals surface area (Å²) in [5, 5.41) is 4.96. The van der Waals surface area contributed by atoms with Crippen molar-refractivity contribution >= 4 is 17.5 Å². The average molecular weight is 365 g/mol. The fourth-order valence-corrected chi connectivity index (χ4v) is 3.21. The highest BCUT2D eigenvalue weighted by atomic mass is 35.5. The summed E-state index contributed by atoms with van der Waals surface area (Å²) in [5.74, 6) is -0.0743. The minimum atomic E-state index is -0.532. The molecule has 1 atom stereocenters. The Labute approximate surface area is 153 Å². The van der Waals surface area contributed by atoms with E-state index in [0.717, 1.165) is 17.8 Å². The summed E-state index contributed by atoms with van der Waals surface area (Å²) in [6.07, 6.45) is 0. The summed E-state index contributed by atoms with van der Waals surface area (Å²) in [4.78, 5) is 13.0. The van der Waals surface area contributed by atoms with Crippen LogP contribution in [-0.2, 0) is 18.4 Å². The maximum atomic E-state index is 10.8. The Bertz CT molecular complexity index is 773. The highest BCUT2D eigenvalue weighted by molar-refractivity contribution is 6.32. The Morgan fingerprint density at radius 2 is 2.12 bits per heavy atom. The molecule has 7 heteroatoms. The van der Waals surface area contributed by atoms with E-state index in [2.05, 4.69) is 30.9 Å². The second-order valence-electron chi connectivity index (χ2n) is 6.32. The highest BCUT2D eigenvalue weighted by Crippen LogP contribution is 2.29. The topological polar surface area (TPSA) is 73.4 Å². The van der Waals surface area contributed by atoms with Gasteiger partial charge in [0.05, 0.1) is 10.7 Å². The molecule has 25 heavy (non-hydrogen) atoms. The van der Waals surface area contributed by atoms with E-state index < -0.39 is 5.91 Å². The van der Waals surface area contributed by atoms with Crippen molar-refractivity contribution in [2.24, 2.45) is 12.8 Å². The van der Waals surface area contributed by atoms with Crippen molar-refractivity contribution in [2.45, 2.75) is 33.4 Å². The number of primary amides is 1. The number of amides is 1. The smallest absolute Gasteiger partial charge is 0.255 e. The van der Waals surface area contributed by atoms with Gasteiger partial charge < -0.3 is 10.5 Å². The monoisotopic (exact) mass is 364 g/mol. The molecule has 2 aromatic rings. The number of rotatable bonds is 7. The van der Waals surface area contributed by atoms with Gasteiger partial charge in [0.2, 0.25) is 0 Å². The van der Waals surface area contributed by atoms with Gasteiger partial charge in [0.25, 0.3) is 5.91 Å². The molecular formula is C18H25ClN4O2. The molecule has 0 spiro atoms. The predicted molar refractivity (Wildman–Crippen MR) is 98.7 cm³/mol. The summed E-state index contributed by atoms with van der Waals surface area (Å²) in [5.41, 5.74) is 9.61. The Balaban J connectivity index is 2.10. The van der Waals surface area contributed by atoms with Crippen molar-refractivity contribution in [3.8, 4) is 5.75 Å². The quantitative estimate of drug-likeness (QED) is 0.819. The molecule has 136 valence electrons. The molecule has 0 saturated heterocycles. The van der Waals surface area contributed by atoms with Crippen LogP contribution in [0.25, 0.3) is 0 Å². The van der Waals surface area contributed by atoms with Gasteiger partial charge in [0, 0.05) is 30.9 Å². The number of aromatic nitrogens is 2. The zero-order chi connectivity index (χ0) is 18.7. The Hall–Kier alpha value is -2.05. The van der Waals surface area contributed by atoms with Crippen molar-refractivity contribution in [1.29, 1.82) is 0 Å². The Morgan fingerprint density at radius 3 is 2.64 bits per heavy atom. The second kappa shape index (κ2) is 7.89. The SMILES string of the molecule is Cc1nn(C)c(C)c1C(C)N(C)Cc1ccc(OCC(N)=O)c(Cl)c1. The van der Waals surface area contributed by atoms with E-state index in [1.807, 2.05) is 30.8 Å². The molecule has 6 nitrogen and oxygen atoms in total. The van der Waals surface area contributed by atoms with Crippen LogP contribution in [-0.4, -0.2) is 34.2 Å². The summed E-state index contributed by atoms with van der Waals surface area (Å²) < 4.78 is 7.19. The molecule has 1 aromatic heterocycles. The minimum Gasteiger partial charge on any atom is -0.482 e. The van der Waals surface area contributed by atoms with Crippen LogP contribution in [0.5, 0.6) is 5.75 Å². The third-order valence-corrected chi connectivity index (χ3v) is 4.74. The van der Waals surface area contributed by atoms with E-state index in [-0.39, 0.29) is 12.6 Å². The van der Waals surface area contributed by atoms with Crippen LogP contribution in [0.15, 0.2) is 18.2 Å². The largest absolute Gasteiger partial charge is 0.482 e. The standard InChI is InChI=1S/C18H25ClN4O2/c1-11-18(13(3)23(5)21-11)12(2)22(4)9-14-6-7-16(15(19)8-14)25-10-17(20)24/h6-8,12H,9-10H2,1-5H3,(H2,20,24). The lowest BCUT2D eigenvalue weighted by molar-refractivity contribution is -0.119. The summed E-state index contributed by atoms with van der Waals surface area (Å²) in [6, 6.07) is 5.77. The average Bonchev–Trinajstić information content (AvgIpc) is 2.78. The van der Waals surface area contributed by atoms with Gasteiger partial charge in [0.15, 0.2) is 6.61 Å². The van der Waals surface area contributed by atoms with E-state index in [9.17, 15) is 4.79 Å². The molecule has 2 N–H and O–H groups in total. The number of carbonyl (C=O) groups excluding carboxylic acids is 1. The lowest BCUT2D eigenvalue weighted by atomic mass is 10.0. The van der Waals surface area contributed by atoms with Gasteiger partial charge in [-0.25, -0.2) is 0 Å². The maximum Gasteiger partial charge on any atom is 0.255 e. The number of benzene rings is 1. The van der Waals surface area contributed by atoms with Crippen LogP contribution in [0.1, 0.15) is 35.5 Å².